The maximum absolute atomic E-state index is 13.2. The minimum absolute atomic E-state index is 0.0362. The molecule has 0 spiro atoms. The number of anilines is 1. The summed E-state index contributed by atoms with van der Waals surface area (Å²) >= 11 is 6.09. The van der Waals surface area contributed by atoms with Crippen molar-refractivity contribution >= 4 is 34.7 Å². The van der Waals surface area contributed by atoms with Crippen LogP contribution in [0.4, 0.5) is 5.69 Å². The third-order valence-corrected chi connectivity index (χ3v) is 5.82. The summed E-state index contributed by atoms with van der Waals surface area (Å²) in [6.07, 6.45) is 2.34. The molecular formula is C26H24ClNO5. The molecule has 1 unspecified atom stereocenters. The van der Waals surface area contributed by atoms with Gasteiger partial charge in [-0.3, -0.25) is 14.5 Å². The Labute approximate surface area is 197 Å². The van der Waals surface area contributed by atoms with Gasteiger partial charge >= 0.3 is 0 Å². The molecule has 3 aromatic rings. The highest BCUT2D eigenvalue weighted by Crippen LogP contribution is 2.43. The number of Topliss-reactive ketones (excluding diaryl/α,β-unsaturated/α-hetero) is 1. The van der Waals surface area contributed by atoms with Crippen molar-refractivity contribution in [2.75, 3.05) is 11.5 Å². The van der Waals surface area contributed by atoms with Crippen molar-refractivity contribution in [1.29, 1.82) is 0 Å². The quantitative estimate of drug-likeness (QED) is 0.276. The lowest BCUT2D eigenvalue weighted by atomic mass is 9.98. The fourth-order valence-electron chi connectivity index (χ4n) is 4.01. The molecule has 0 bridgehead atoms. The summed E-state index contributed by atoms with van der Waals surface area (Å²) < 4.78 is 11.3. The second kappa shape index (κ2) is 9.16. The van der Waals surface area contributed by atoms with Crippen LogP contribution >= 0.6 is 11.6 Å². The third kappa shape index (κ3) is 4.14. The summed E-state index contributed by atoms with van der Waals surface area (Å²) in [5.74, 6) is -0.734. The number of hydrogen-bond donors (Lipinski definition) is 1. The van der Waals surface area contributed by atoms with Crippen molar-refractivity contribution in [1.82, 2.24) is 0 Å². The fourth-order valence-corrected chi connectivity index (χ4v) is 4.24. The fraction of sp³-hybridized carbons (Fsp3) is 0.231. The lowest BCUT2D eigenvalue weighted by molar-refractivity contribution is -0.132. The van der Waals surface area contributed by atoms with E-state index in [9.17, 15) is 14.7 Å². The molecule has 1 saturated heterocycles. The number of furan rings is 1. The Kier molecular flexibility index (Phi) is 6.29. The van der Waals surface area contributed by atoms with Gasteiger partial charge in [0.15, 0.2) is 0 Å². The van der Waals surface area contributed by atoms with E-state index in [-0.39, 0.29) is 11.3 Å². The van der Waals surface area contributed by atoms with Gasteiger partial charge < -0.3 is 14.3 Å². The molecule has 1 N–H and O–H groups in total. The number of hydrogen-bond acceptors (Lipinski definition) is 5. The summed E-state index contributed by atoms with van der Waals surface area (Å²) in [4.78, 5) is 27.7. The topological polar surface area (TPSA) is 80.0 Å². The Morgan fingerprint density at radius 2 is 1.91 bits per heavy atom. The van der Waals surface area contributed by atoms with E-state index in [1.807, 2.05) is 13.8 Å². The number of ether oxygens (including phenoxy) is 1. The van der Waals surface area contributed by atoms with Gasteiger partial charge in [-0.25, -0.2) is 0 Å². The molecule has 7 heteroatoms. The Bertz CT molecular complexity index is 1250. The van der Waals surface area contributed by atoms with Crippen LogP contribution in [0.15, 0.2) is 64.8 Å². The van der Waals surface area contributed by atoms with E-state index in [1.54, 1.807) is 55.5 Å². The van der Waals surface area contributed by atoms with Gasteiger partial charge in [-0.15, -0.1) is 0 Å². The molecule has 2 aromatic carbocycles. The van der Waals surface area contributed by atoms with Gasteiger partial charge in [0.25, 0.3) is 11.7 Å². The first kappa shape index (κ1) is 22.7. The Balaban J connectivity index is 1.86. The number of benzene rings is 2. The van der Waals surface area contributed by atoms with Gasteiger partial charge in [-0.05, 0) is 79.9 Å². The molecule has 170 valence electrons. The van der Waals surface area contributed by atoms with Gasteiger partial charge in [-0.1, -0.05) is 18.5 Å². The van der Waals surface area contributed by atoms with Crippen LogP contribution < -0.4 is 9.64 Å². The largest absolute Gasteiger partial charge is 0.507 e. The van der Waals surface area contributed by atoms with E-state index in [0.717, 1.165) is 12.0 Å². The van der Waals surface area contributed by atoms with Crippen LogP contribution in [0, 0.1) is 13.8 Å². The SMILES string of the molecule is CCCOc1ccc(/C(O)=C2/C(=O)C(=O)N(c3ccc(Cl)cc3C)C2c2ccco2)cc1C. The number of aryl methyl sites for hydroxylation is 2. The second-order valence-electron chi connectivity index (χ2n) is 7.94. The Morgan fingerprint density at radius 3 is 2.55 bits per heavy atom. The molecule has 2 heterocycles. The molecule has 0 radical (unpaired) electrons. The molecule has 0 aliphatic carbocycles. The third-order valence-electron chi connectivity index (χ3n) is 5.59. The second-order valence-corrected chi connectivity index (χ2v) is 8.38. The van der Waals surface area contributed by atoms with Crippen molar-refractivity contribution in [3.63, 3.8) is 0 Å². The minimum Gasteiger partial charge on any atom is -0.507 e. The highest BCUT2D eigenvalue weighted by Gasteiger charge is 2.48. The summed E-state index contributed by atoms with van der Waals surface area (Å²) in [5, 5.41) is 11.7. The predicted octanol–water partition coefficient (Wildman–Crippen LogP) is 5.96. The average molecular weight is 466 g/mol. The van der Waals surface area contributed by atoms with E-state index < -0.39 is 17.7 Å². The first-order valence-electron chi connectivity index (χ1n) is 10.7. The molecule has 1 amide bonds. The van der Waals surface area contributed by atoms with Gasteiger partial charge in [-0.2, -0.15) is 0 Å². The monoisotopic (exact) mass is 465 g/mol. The number of amides is 1. The summed E-state index contributed by atoms with van der Waals surface area (Å²) in [6.45, 7) is 6.27. The summed E-state index contributed by atoms with van der Waals surface area (Å²) in [5.41, 5.74) is 2.42. The van der Waals surface area contributed by atoms with E-state index >= 15 is 0 Å². The van der Waals surface area contributed by atoms with Crippen molar-refractivity contribution < 1.29 is 23.8 Å². The number of carbonyl (C=O) groups is 2. The van der Waals surface area contributed by atoms with Crippen LogP contribution in [-0.2, 0) is 9.59 Å². The molecular weight excluding hydrogens is 442 g/mol. The molecule has 0 saturated carbocycles. The van der Waals surface area contributed by atoms with Crippen molar-refractivity contribution in [3.05, 3.63) is 87.8 Å². The van der Waals surface area contributed by atoms with Crippen LogP contribution in [0.2, 0.25) is 5.02 Å². The molecule has 1 aliphatic rings. The van der Waals surface area contributed by atoms with Gasteiger partial charge in [0.2, 0.25) is 0 Å². The Hall–Kier alpha value is -3.51. The first-order chi connectivity index (χ1) is 15.8. The van der Waals surface area contributed by atoms with Crippen LogP contribution in [0.1, 0.15) is 41.8 Å². The van der Waals surface area contributed by atoms with E-state index in [1.165, 1.54) is 11.2 Å². The molecule has 6 nitrogen and oxygen atoms in total. The zero-order valence-electron chi connectivity index (χ0n) is 18.6. The molecule has 1 atom stereocenters. The standard InChI is InChI=1S/C26H24ClNO5/c1-4-11-32-20-10-7-17(13-16(20)3)24(29)22-23(21-6-5-12-33-21)28(26(31)25(22)30)19-9-8-18(27)14-15(19)2/h5-10,12-14,23,29H,4,11H2,1-3H3/b24-22-. The lowest BCUT2D eigenvalue weighted by Gasteiger charge is -2.25. The number of halogens is 1. The molecule has 1 aromatic heterocycles. The van der Waals surface area contributed by atoms with Gasteiger partial charge in [0.1, 0.15) is 23.3 Å². The summed E-state index contributed by atoms with van der Waals surface area (Å²) in [7, 11) is 0. The molecule has 1 fully saturated rings. The van der Waals surface area contributed by atoms with Crippen molar-refractivity contribution in [2.24, 2.45) is 0 Å². The number of rotatable bonds is 6. The molecule has 1 aliphatic heterocycles. The van der Waals surface area contributed by atoms with E-state index in [4.69, 9.17) is 20.8 Å². The number of ketones is 1. The summed E-state index contributed by atoms with van der Waals surface area (Å²) in [6, 6.07) is 12.6. The van der Waals surface area contributed by atoms with E-state index in [2.05, 4.69) is 0 Å². The maximum atomic E-state index is 13.2. The molecule has 4 rings (SSSR count). The normalized spacial score (nSPS) is 17.6. The first-order valence-corrected chi connectivity index (χ1v) is 11.1. The predicted molar refractivity (Wildman–Crippen MR) is 127 cm³/mol. The molecule has 33 heavy (non-hydrogen) atoms. The zero-order chi connectivity index (χ0) is 23.7. The average Bonchev–Trinajstić information content (AvgIpc) is 3.40. The van der Waals surface area contributed by atoms with E-state index in [0.29, 0.717) is 40.0 Å². The Morgan fingerprint density at radius 1 is 1.12 bits per heavy atom. The number of aliphatic hydroxyl groups excluding tert-OH is 1. The van der Waals surface area contributed by atoms with Crippen LogP contribution in [0.25, 0.3) is 5.76 Å². The zero-order valence-corrected chi connectivity index (χ0v) is 19.3. The smallest absolute Gasteiger partial charge is 0.300 e. The van der Waals surface area contributed by atoms with Crippen molar-refractivity contribution in [2.45, 2.75) is 33.2 Å². The highest BCUT2D eigenvalue weighted by atomic mass is 35.5. The number of nitrogens with zero attached hydrogens (tertiary/aromatic N) is 1. The van der Waals surface area contributed by atoms with Gasteiger partial charge in [0.05, 0.1) is 18.4 Å². The van der Waals surface area contributed by atoms with Crippen LogP contribution in [0.3, 0.4) is 0 Å². The van der Waals surface area contributed by atoms with Crippen LogP contribution in [0.5, 0.6) is 5.75 Å². The van der Waals surface area contributed by atoms with Crippen molar-refractivity contribution in [3.8, 4) is 5.75 Å². The van der Waals surface area contributed by atoms with Gasteiger partial charge in [0, 0.05) is 16.3 Å². The minimum atomic E-state index is -0.920. The maximum Gasteiger partial charge on any atom is 0.300 e. The number of carbonyl (C=O) groups excluding carboxylic acids is 2. The van der Waals surface area contributed by atoms with Crippen LogP contribution in [-0.4, -0.2) is 23.4 Å². The number of aliphatic hydroxyl groups is 1. The highest BCUT2D eigenvalue weighted by molar-refractivity contribution is 6.51. The lowest BCUT2D eigenvalue weighted by Crippen LogP contribution is -2.29.